The highest BCUT2D eigenvalue weighted by molar-refractivity contribution is 9.10. The predicted octanol–water partition coefficient (Wildman–Crippen LogP) is 3.78. The molecule has 3 rings (SSSR count). The van der Waals surface area contributed by atoms with Crippen molar-refractivity contribution < 1.29 is 19.0 Å². The Balaban J connectivity index is 1.59. The zero-order valence-corrected chi connectivity index (χ0v) is 15.8. The first kappa shape index (κ1) is 17.6. The lowest BCUT2D eigenvalue weighted by molar-refractivity contribution is -0.130. The van der Waals surface area contributed by atoms with Crippen LogP contribution in [-0.4, -0.2) is 31.8 Å². The summed E-state index contributed by atoms with van der Waals surface area (Å²) >= 11 is 3.46. The Hall–Kier alpha value is -2.21. The van der Waals surface area contributed by atoms with E-state index < -0.39 is 0 Å². The summed E-state index contributed by atoms with van der Waals surface area (Å²) in [4.78, 5) is 14.2. The third-order valence-electron chi connectivity index (χ3n) is 4.14. The van der Waals surface area contributed by atoms with Crippen molar-refractivity contribution in [2.75, 3.05) is 21.0 Å². The maximum Gasteiger partial charge on any atom is 0.231 e. The van der Waals surface area contributed by atoms with Crippen molar-refractivity contribution in [2.24, 2.45) is 0 Å². The number of amides is 1. The first-order valence-electron chi connectivity index (χ1n) is 8.01. The maximum atomic E-state index is 12.5. The molecule has 0 spiro atoms. The highest BCUT2D eigenvalue weighted by Gasteiger charge is 2.15. The van der Waals surface area contributed by atoms with Crippen LogP contribution in [0.25, 0.3) is 0 Å². The van der Waals surface area contributed by atoms with Gasteiger partial charge in [-0.2, -0.15) is 0 Å². The van der Waals surface area contributed by atoms with Crippen LogP contribution in [0.2, 0.25) is 0 Å². The van der Waals surface area contributed by atoms with Crippen LogP contribution >= 0.6 is 15.9 Å². The molecular formula is C19H20BrNO4. The quantitative estimate of drug-likeness (QED) is 0.733. The molecular weight excluding hydrogens is 386 g/mol. The SMILES string of the molecule is COc1ccc(Br)cc1CN(C)C(=O)CCc1ccc2c(c1)OCO2. The van der Waals surface area contributed by atoms with Crippen molar-refractivity contribution in [1.82, 2.24) is 4.90 Å². The third kappa shape index (κ3) is 4.25. The van der Waals surface area contributed by atoms with Crippen LogP contribution in [-0.2, 0) is 17.8 Å². The summed E-state index contributed by atoms with van der Waals surface area (Å²) in [6.07, 6.45) is 1.10. The highest BCUT2D eigenvalue weighted by atomic mass is 79.9. The number of aryl methyl sites for hydroxylation is 1. The van der Waals surface area contributed by atoms with Crippen LogP contribution in [0.1, 0.15) is 17.5 Å². The fourth-order valence-corrected chi connectivity index (χ4v) is 3.16. The number of carbonyl (C=O) groups excluding carboxylic acids is 1. The molecule has 0 saturated carbocycles. The van der Waals surface area contributed by atoms with E-state index in [2.05, 4.69) is 15.9 Å². The Morgan fingerprint density at radius 1 is 1.20 bits per heavy atom. The topological polar surface area (TPSA) is 48.0 Å². The molecule has 1 aliphatic heterocycles. The van der Waals surface area contributed by atoms with E-state index in [9.17, 15) is 4.79 Å². The van der Waals surface area contributed by atoms with E-state index in [0.717, 1.165) is 32.8 Å². The number of nitrogens with zero attached hydrogens (tertiary/aromatic N) is 1. The number of methoxy groups -OCH3 is 1. The summed E-state index contributed by atoms with van der Waals surface area (Å²) < 4.78 is 17.0. The van der Waals surface area contributed by atoms with Crippen molar-refractivity contribution in [3.63, 3.8) is 0 Å². The fourth-order valence-electron chi connectivity index (χ4n) is 2.75. The minimum atomic E-state index is 0.0831. The molecule has 2 aromatic rings. The lowest BCUT2D eigenvalue weighted by Gasteiger charge is -2.19. The van der Waals surface area contributed by atoms with Crippen LogP contribution in [0.5, 0.6) is 17.2 Å². The lowest BCUT2D eigenvalue weighted by Crippen LogP contribution is -2.26. The molecule has 0 N–H and O–H groups in total. The largest absolute Gasteiger partial charge is 0.496 e. The monoisotopic (exact) mass is 405 g/mol. The van der Waals surface area contributed by atoms with Gasteiger partial charge in [-0.3, -0.25) is 4.79 Å². The third-order valence-corrected chi connectivity index (χ3v) is 4.63. The van der Waals surface area contributed by atoms with Gasteiger partial charge in [0.1, 0.15) is 5.75 Å². The summed E-state index contributed by atoms with van der Waals surface area (Å²) in [6, 6.07) is 11.6. The molecule has 5 nitrogen and oxygen atoms in total. The van der Waals surface area contributed by atoms with E-state index >= 15 is 0 Å². The number of hydrogen-bond acceptors (Lipinski definition) is 4. The lowest BCUT2D eigenvalue weighted by atomic mass is 10.1. The minimum absolute atomic E-state index is 0.0831. The fraction of sp³-hybridized carbons (Fsp3) is 0.316. The first-order valence-corrected chi connectivity index (χ1v) is 8.81. The van der Waals surface area contributed by atoms with Crippen molar-refractivity contribution in [3.8, 4) is 17.2 Å². The number of carbonyl (C=O) groups is 1. The summed E-state index contributed by atoms with van der Waals surface area (Å²) in [5, 5.41) is 0. The second-order valence-electron chi connectivity index (χ2n) is 5.89. The maximum absolute atomic E-state index is 12.5. The molecule has 0 radical (unpaired) electrons. The first-order chi connectivity index (χ1) is 12.1. The van der Waals surface area contributed by atoms with Gasteiger partial charge in [-0.25, -0.2) is 0 Å². The van der Waals surface area contributed by atoms with Crippen LogP contribution < -0.4 is 14.2 Å². The molecule has 0 fully saturated rings. The second kappa shape index (κ2) is 7.78. The van der Waals surface area contributed by atoms with Gasteiger partial charge in [-0.15, -0.1) is 0 Å². The summed E-state index contributed by atoms with van der Waals surface area (Å²) in [6.45, 7) is 0.761. The van der Waals surface area contributed by atoms with Crippen LogP contribution in [0.15, 0.2) is 40.9 Å². The van der Waals surface area contributed by atoms with Gasteiger partial charge in [0.2, 0.25) is 12.7 Å². The minimum Gasteiger partial charge on any atom is -0.496 e. The van der Waals surface area contributed by atoms with Gasteiger partial charge in [0.05, 0.1) is 7.11 Å². The number of hydrogen-bond donors (Lipinski definition) is 0. The van der Waals surface area contributed by atoms with Crippen molar-refractivity contribution in [3.05, 3.63) is 52.0 Å². The number of rotatable bonds is 6. The predicted molar refractivity (Wildman–Crippen MR) is 98.1 cm³/mol. The van der Waals surface area contributed by atoms with Crippen molar-refractivity contribution in [1.29, 1.82) is 0 Å². The Kier molecular flexibility index (Phi) is 5.48. The van der Waals surface area contributed by atoms with Crippen LogP contribution in [0, 0.1) is 0 Å². The van der Waals surface area contributed by atoms with E-state index in [1.807, 2.05) is 43.4 Å². The standard InChI is InChI=1S/C19H20BrNO4/c1-21(11-14-10-15(20)5-7-16(14)23-2)19(22)8-4-13-3-6-17-18(9-13)25-12-24-17/h3,5-7,9-10H,4,8,11-12H2,1-2H3. The molecule has 0 bridgehead atoms. The smallest absolute Gasteiger partial charge is 0.231 e. The molecule has 25 heavy (non-hydrogen) atoms. The van der Waals surface area contributed by atoms with Crippen molar-refractivity contribution >= 4 is 21.8 Å². The molecule has 0 atom stereocenters. The number of benzene rings is 2. The van der Waals surface area contributed by atoms with E-state index in [0.29, 0.717) is 19.4 Å². The van der Waals surface area contributed by atoms with Gasteiger partial charge in [0.15, 0.2) is 11.5 Å². The molecule has 2 aromatic carbocycles. The van der Waals surface area contributed by atoms with E-state index in [-0.39, 0.29) is 12.7 Å². The van der Waals surface area contributed by atoms with Crippen LogP contribution in [0.3, 0.4) is 0 Å². The number of fused-ring (bicyclic) bond motifs is 1. The van der Waals surface area contributed by atoms with E-state index in [4.69, 9.17) is 14.2 Å². The number of halogens is 1. The summed E-state index contributed by atoms with van der Waals surface area (Å²) in [5.41, 5.74) is 2.03. The Morgan fingerprint density at radius 2 is 2.00 bits per heavy atom. The zero-order chi connectivity index (χ0) is 17.8. The Morgan fingerprint density at radius 3 is 2.80 bits per heavy atom. The Bertz CT molecular complexity index is 778. The zero-order valence-electron chi connectivity index (χ0n) is 14.3. The van der Waals surface area contributed by atoms with Gasteiger partial charge < -0.3 is 19.1 Å². The Labute approximate surface area is 155 Å². The van der Waals surface area contributed by atoms with E-state index in [1.165, 1.54) is 0 Å². The molecule has 6 heteroatoms. The van der Waals surface area contributed by atoms with Gasteiger partial charge >= 0.3 is 0 Å². The normalized spacial score (nSPS) is 12.1. The van der Waals surface area contributed by atoms with Gasteiger partial charge in [-0.1, -0.05) is 22.0 Å². The molecule has 0 aliphatic carbocycles. The highest BCUT2D eigenvalue weighted by Crippen LogP contribution is 2.32. The van der Waals surface area contributed by atoms with Crippen LogP contribution in [0.4, 0.5) is 0 Å². The molecule has 0 unspecified atom stereocenters. The summed E-state index contributed by atoms with van der Waals surface area (Å²) in [5.74, 6) is 2.37. The van der Waals surface area contributed by atoms with Gasteiger partial charge in [0, 0.05) is 30.0 Å². The van der Waals surface area contributed by atoms with Gasteiger partial charge in [0.25, 0.3) is 0 Å². The average Bonchev–Trinajstić information content (AvgIpc) is 3.07. The molecule has 0 aromatic heterocycles. The molecule has 0 saturated heterocycles. The van der Waals surface area contributed by atoms with Gasteiger partial charge in [-0.05, 0) is 42.3 Å². The summed E-state index contributed by atoms with van der Waals surface area (Å²) in [7, 11) is 3.44. The second-order valence-corrected chi connectivity index (χ2v) is 6.81. The van der Waals surface area contributed by atoms with Crippen molar-refractivity contribution in [2.45, 2.75) is 19.4 Å². The number of ether oxygens (including phenoxy) is 3. The average molecular weight is 406 g/mol. The van der Waals surface area contributed by atoms with E-state index in [1.54, 1.807) is 12.0 Å². The molecule has 132 valence electrons. The molecule has 1 aliphatic rings. The molecule has 1 amide bonds. The molecule has 1 heterocycles.